The van der Waals surface area contributed by atoms with Gasteiger partial charge < -0.3 is 10.1 Å². The monoisotopic (exact) mass is 483 g/mol. The fraction of sp³-hybridized carbons (Fsp3) is 0.423. The number of carbonyl (C=O) groups excluding carboxylic acids is 1. The zero-order chi connectivity index (χ0) is 23.0. The predicted octanol–water partition coefficient (Wildman–Crippen LogP) is 6.00. The Labute approximate surface area is 204 Å². The molecule has 1 aliphatic heterocycles. The average Bonchev–Trinajstić information content (AvgIpc) is 3.26. The lowest BCUT2D eigenvalue weighted by Gasteiger charge is -2.17. The van der Waals surface area contributed by atoms with E-state index in [9.17, 15) is 4.79 Å². The van der Waals surface area contributed by atoms with E-state index in [0.29, 0.717) is 24.5 Å². The van der Waals surface area contributed by atoms with E-state index in [4.69, 9.17) is 26.3 Å². The van der Waals surface area contributed by atoms with E-state index in [1.54, 1.807) is 11.3 Å². The highest BCUT2D eigenvalue weighted by atomic mass is 35.5. The Bertz CT molecular complexity index is 1070. The summed E-state index contributed by atoms with van der Waals surface area (Å²) < 4.78 is 5.20. The van der Waals surface area contributed by atoms with Gasteiger partial charge in [0.2, 0.25) is 0 Å². The molecule has 3 heterocycles. The van der Waals surface area contributed by atoms with Crippen LogP contribution in [0.25, 0.3) is 0 Å². The van der Waals surface area contributed by atoms with Crippen LogP contribution >= 0.6 is 22.9 Å². The SMILES string of the molecule is CCOC(=O)CC(Cc1csc(CCCc2ccc3c(n2)NCCC3)n1)c1ccc(Cl)cc1. The Morgan fingerprint density at radius 1 is 1.15 bits per heavy atom. The summed E-state index contributed by atoms with van der Waals surface area (Å²) in [7, 11) is 0. The number of anilines is 1. The summed E-state index contributed by atoms with van der Waals surface area (Å²) in [5.41, 5.74) is 4.56. The molecule has 0 saturated heterocycles. The minimum Gasteiger partial charge on any atom is -0.466 e. The zero-order valence-electron chi connectivity index (χ0n) is 19.0. The van der Waals surface area contributed by atoms with Gasteiger partial charge in [0.25, 0.3) is 0 Å². The zero-order valence-corrected chi connectivity index (χ0v) is 20.6. The fourth-order valence-electron chi connectivity index (χ4n) is 4.20. The van der Waals surface area contributed by atoms with Gasteiger partial charge in [-0.05, 0) is 80.7 Å². The van der Waals surface area contributed by atoms with E-state index in [1.165, 1.54) is 12.0 Å². The van der Waals surface area contributed by atoms with E-state index in [1.807, 2.05) is 31.2 Å². The molecule has 0 aliphatic carbocycles. The maximum absolute atomic E-state index is 12.2. The predicted molar refractivity (Wildman–Crippen MR) is 134 cm³/mol. The minimum atomic E-state index is -0.181. The van der Waals surface area contributed by atoms with Crippen molar-refractivity contribution in [2.24, 2.45) is 0 Å². The average molecular weight is 484 g/mol. The van der Waals surface area contributed by atoms with Crippen LogP contribution in [-0.4, -0.2) is 29.1 Å². The second-order valence-electron chi connectivity index (χ2n) is 8.39. The molecule has 0 radical (unpaired) electrons. The molecule has 0 saturated carbocycles. The number of halogens is 1. The minimum absolute atomic E-state index is 0.0171. The smallest absolute Gasteiger partial charge is 0.306 e. The maximum atomic E-state index is 12.2. The van der Waals surface area contributed by atoms with Crippen molar-refractivity contribution in [2.75, 3.05) is 18.5 Å². The van der Waals surface area contributed by atoms with Gasteiger partial charge in [-0.2, -0.15) is 0 Å². The third-order valence-corrected chi connectivity index (χ3v) is 7.10. The van der Waals surface area contributed by atoms with Crippen molar-refractivity contribution >= 4 is 34.7 Å². The summed E-state index contributed by atoms with van der Waals surface area (Å²) in [5, 5.41) is 7.34. The number of pyridine rings is 1. The van der Waals surface area contributed by atoms with Gasteiger partial charge >= 0.3 is 5.97 Å². The van der Waals surface area contributed by atoms with Gasteiger partial charge in [-0.1, -0.05) is 29.8 Å². The van der Waals surface area contributed by atoms with Gasteiger partial charge in [-0.3, -0.25) is 4.79 Å². The number of ether oxygens (including phenoxy) is 1. The lowest BCUT2D eigenvalue weighted by molar-refractivity contribution is -0.143. The van der Waals surface area contributed by atoms with E-state index in [-0.39, 0.29) is 11.9 Å². The third kappa shape index (κ3) is 6.78. The number of aryl methyl sites for hydroxylation is 3. The van der Waals surface area contributed by atoms with Crippen LogP contribution in [0.15, 0.2) is 41.8 Å². The van der Waals surface area contributed by atoms with Crippen LogP contribution in [0.3, 0.4) is 0 Å². The number of thiazole rings is 1. The van der Waals surface area contributed by atoms with Crippen molar-refractivity contribution < 1.29 is 9.53 Å². The molecule has 3 aromatic rings. The first kappa shape index (κ1) is 23.7. The molecule has 1 atom stereocenters. The molecule has 0 spiro atoms. The summed E-state index contributed by atoms with van der Waals surface area (Å²) >= 11 is 7.75. The van der Waals surface area contributed by atoms with Crippen molar-refractivity contribution in [1.29, 1.82) is 0 Å². The molecular formula is C26H30ClN3O2S. The molecule has 33 heavy (non-hydrogen) atoms. The Balaban J connectivity index is 1.34. The second-order valence-corrected chi connectivity index (χ2v) is 9.77. The third-order valence-electron chi connectivity index (χ3n) is 5.89. The summed E-state index contributed by atoms with van der Waals surface area (Å²) in [6, 6.07) is 12.1. The van der Waals surface area contributed by atoms with Crippen LogP contribution < -0.4 is 5.32 Å². The Morgan fingerprint density at radius 3 is 2.82 bits per heavy atom. The van der Waals surface area contributed by atoms with Crippen LogP contribution in [0.5, 0.6) is 0 Å². The van der Waals surface area contributed by atoms with Crippen LogP contribution in [-0.2, 0) is 35.2 Å². The first-order valence-electron chi connectivity index (χ1n) is 11.7. The fourth-order valence-corrected chi connectivity index (χ4v) is 5.18. The molecule has 0 bridgehead atoms. The van der Waals surface area contributed by atoms with Crippen LogP contribution in [0.4, 0.5) is 5.82 Å². The molecular weight excluding hydrogens is 454 g/mol. The van der Waals surface area contributed by atoms with Crippen molar-refractivity contribution in [3.8, 4) is 0 Å². The number of fused-ring (bicyclic) bond motifs is 1. The van der Waals surface area contributed by atoms with Crippen molar-refractivity contribution in [3.63, 3.8) is 0 Å². The molecule has 2 aromatic heterocycles. The highest BCUT2D eigenvalue weighted by Crippen LogP contribution is 2.27. The van der Waals surface area contributed by atoms with Crippen LogP contribution in [0, 0.1) is 0 Å². The van der Waals surface area contributed by atoms with Crippen LogP contribution in [0.2, 0.25) is 5.02 Å². The van der Waals surface area contributed by atoms with Crippen molar-refractivity contribution in [1.82, 2.24) is 9.97 Å². The molecule has 0 fully saturated rings. The summed E-state index contributed by atoms with van der Waals surface area (Å²) in [4.78, 5) is 21.8. The molecule has 1 unspecified atom stereocenters. The number of benzene rings is 1. The standard InChI is InChI=1S/C26H30ClN3O2S/c1-2-32-25(31)16-20(18-8-11-21(27)12-9-18)15-23-17-33-24(29-23)7-3-6-22-13-10-19-5-4-14-28-26(19)30-22/h8-13,17,20H,2-7,14-16H2,1H3,(H,28,30). The molecule has 174 valence electrons. The van der Waals surface area contributed by atoms with Gasteiger partial charge in [-0.25, -0.2) is 9.97 Å². The number of nitrogens with one attached hydrogen (secondary N) is 1. The number of hydrogen-bond acceptors (Lipinski definition) is 6. The quantitative estimate of drug-likeness (QED) is 0.358. The normalized spacial score (nSPS) is 13.8. The molecule has 4 rings (SSSR count). The first-order valence-corrected chi connectivity index (χ1v) is 12.9. The Kier molecular flexibility index (Phi) is 8.35. The van der Waals surface area contributed by atoms with Gasteiger partial charge in [0.15, 0.2) is 0 Å². The van der Waals surface area contributed by atoms with E-state index in [0.717, 1.165) is 60.0 Å². The van der Waals surface area contributed by atoms with Crippen molar-refractivity contribution in [3.05, 3.63) is 74.3 Å². The summed E-state index contributed by atoms with van der Waals surface area (Å²) in [6.45, 7) is 3.23. The Hall–Kier alpha value is -2.44. The summed E-state index contributed by atoms with van der Waals surface area (Å²) in [6.07, 6.45) is 6.22. The highest BCUT2D eigenvalue weighted by molar-refractivity contribution is 7.09. The number of hydrogen-bond donors (Lipinski definition) is 1. The summed E-state index contributed by atoms with van der Waals surface area (Å²) in [5.74, 6) is 0.897. The maximum Gasteiger partial charge on any atom is 0.306 e. The second kappa shape index (κ2) is 11.6. The number of carbonyl (C=O) groups is 1. The lowest BCUT2D eigenvalue weighted by atomic mass is 9.91. The van der Waals surface area contributed by atoms with Gasteiger partial charge in [0.1, 0.15) is 5.82 Å². The Morgan fingerprint density at radius 2 is 2.00 bits per heavy atom. The number of aromatic nitrogens is 2. The topological polar surface area (TPSA) is 64.1 Å². The number of rotatable bonds is 10. The van der Waals surface area contributed by atoms with E-state index >= 15 is 0 Å². The first-order chi connectivity index (χ1) is 16.1. The number of esters is 1. The highest BCUT2D eigenvalue weighted by Gasteiger charge is 2.19. The van der Waals surface area contributed by atoms with Gasteiger partial charge in [-0.15, -0.1) is 11.3 Å². The van der Waals surface area contributed by atoms with Crippen molar-refractivity contribution in [2.45, 2.75) is 57.8 Å². The molecule has 1 aromatic carbocycles. The van der Waals surface area contributed by atoms with E-state index in [2.05, 4.69) is 22.8 Å². The molecule has 0 amide bonds. The number of nitrogens with zero attached hydrogens (tertiary/aromatic N) is 2. The lowest BCUT2D eigenvalue weighted by Crippen LogP contribution is -2.14. The molecule has 7 heteroatoms. The largest absolute Gasteiger partial charge is 0.466 e. The molecule has 1 aliphatic rings. The molecule has 1 N–H and O–H groups in total. The van der Waals surface area contributed by atoms with Crippen LogP contribution in [0.1, 0.15) is 59.6 Å². The molecule has 5 nitrogen and oxygen atoms in total. The van der Waals surface area contributed by atoms with E-state index < -0.39 is 0 Å². The van der Waals surface area contributed by atoms with Gasteiger partial charge in [0.05, 0.1) is 23.7 Å². The van der Waals surface area contributed by atoms with Gasteiger partial charge in [0, 0.05) is 22.6 Å².